The van der Waals surface area contributed by atoms with E-state index < -0.39 is 43.9 Å². The summed E-state index contributed by atoms with van der Waals surface area (Å²) in [6, 6.07) is 10.4. The van der Waals surface area contributed by atoms with Gasteiger partial charge in [0.2, 0.25) is 0 Å². The zero-order valence-electron chi connectivity index (χ0n) is 15.4. The third kappa shape index (κ3) is 4.72. The number of rotatable bonds is 5. The number of aromatic hydroxyl groups is 2. The van der Waals surface area contributed by atoms with E-state index in [9.17, 15) is 36.6 Å². The maximum Gasteiger partial charge on any atom is 0.416 e. The Labute approximate surface area is 174 Å². The minimum atomic E-state index is -4.87. The van der Waals surface area contributed by atoms with Gasteiger partial charge in [0, 0.05) is 11.6 Å². The van der Waals surface area contributed by atoms with Crippen molar-refractivity contribution in [2.24, 2.45) is 0 Å². The molecule has 0 atom stereocenters. The molecule has 3 aromatic carbocycles. The summed E-state index contributed by atoms with van der Waals surface area (Å²) in [6.07, 6.45) is -4.87. The number of anilines is 1. The van der Waals surface area contributed by atoms with Gasteiger partial charge in [-0.1, -0.05) is 18.2 Å². The molecule has 4 N–H and O–H groups in total. The molecule has 0 fully saturated rings. The Morgan fingerprint density at radius 1 is 0.903 bits per heavy atom. The number of carboxylic acid groups (broad SMARTS) is 1. The van der Waals surface area contributed by atoms with Crippen LogP contribution in [0.15, 0.2) is 65.6 Å². The molecule has 3 aromatic rings. The van der Waals surface area contributed by atoms with Crippen LogP contribution in [0.4, 0.5) is 18.9 Å². The molecular weight excluding hydrogens is 439 g/mol. The van der Waals surface area contributed by atoms with E-state index in [1.807, 2.05) is 4.72 Å². The summed E-state index contributed by atoms with van der Waals surface area (Å²) in [5.41, 5.74) is -2.18. The number of alkyl halides is 3. The highest BCUT2D eigenvalue weighted by molar-refractivity contribution is 7.92. The lowest BCUT2D eigenvalue weighted by Crippen LogP contribution is -2.15. The standard InChI is InChI=1S/C20H14F3NO6S/c21-20(22,23)12-7-11(15-3-1-2-4-17(15)25)8-14(9-12)31(29,30)24-13-5-6-16(19(27)28)18(26)10-13/h1-10,24-26H,(H,27,28). The van der Waals surface area contributed by atoms with Crippen LogP contribution in [0.3, 0.4) is 0 Å². The summed E-state index contributed by atoms with van der Waals surface area (Å²) in [5.74, 6) is -2.52. The SMILES string of the molecule is O=C(O)c1ccc(NS(=O)(=O)c2cc(-c3ccccc3O)cc(C(F)(F)F)c2)cc1O. The number of halogens is 3. The molecule has 0 aliphatic carbocycles. The van der Waals surface area contributed by atoms with Crippen molar-refractivity contribution in [1.82, 2.24) is 0 Å². The Hall–Kier alpha value is -3.73. The molecule has 0 aliphatic rings. The van der Waals surface area contributed by atoms with Crippen molar-refractivity contribution >= 4 is 21.7 Å². The molecule has 3 rings (SSSR count). The van der Waals surface area contributed by atoms with E-state index >= 15 is 0 Å². The summed E-state index contributed by atoms with van der Waals surface area (Å²) < 4.78 is 67.6. The number of phenols is 2. The third-order valence-electron chi connectivity index (χ3n) is 4.24. The van der Waals surface area contributed by atoms with Gasteiger partial charge in [0.15, 0.2) is 0 Å². The predicted molar refractivity (Wildman–Crippen MR) is 104 cm³/mol. The molecule has 0 saturated heterocycles. The fourth-order valence-electron chi connectivity index (χ4n) is 2.78. The lowest BCUT2D eigenvalue weighted by atomic mass is 10.0. The van der Waals surface area contributed by atoms with Gasteiger partial charge in [-0.15, -0.1) is 0 Å². The number of hydrogen-bond acceptors (Lipinski definition) is 5. The molecule has 0 aliphatic heterocycles. The zero-order chi connectivity index (χ0) is 23.0. The summed E-state index contributed by atoms with van der Waals surface area (Å²) in [5, 5.41) is 28.6. The number of nitrogens with one attached hydrogen (secondary N) is 1. The number of carbonyl (C=O) groups is 1. The summed E-state index contributed by atoms with van der Waals surface area (Å²) in [6.45, 7) is 0. The van der Waals surface area contributed by atoms with Crippen LogP contribution in [0.5, 0.6) is 11.5 Å². The highest BCUT2D eigenvalue weighted by Gasteiger charge is 2.33. The van der Waals surface area contributed by atoms with E-state index in [4.69, 9.17) is 5.11 Å². The van der Waals surface area contributed by atoms with Gasteiger partial charge in [-0.25, -0.2) is 13.2 Å². The van der Waals surface area contributed by atoms with Crippen LogP contribution in [0.25, 0.3) is 11.1 Å². The first kappa shape index (κ1) is 22.0. The molecule has 162 valence electrons. The van der Waals surface area contributed by atoms with E-state index in [-0.39, 0.29) is 22.6 Å². The van der Waals surface area contributed by atoms with Gasteiger partial charge >= 0.3 is 12.1 Å². The molecule has 0 heterocycles. The molecular formula is C20H14F3NO6S. The van der Waals surface area contributed by atoms with Crippen LogP contribution in [0.1, 0.15) is 15.9 Å². The van der Waals surface area contributed by atoms with Gasteiger partial charge in [0.05, 0.1) is 16.1 Å². The van der Waals surface area contributed by atoms with Gasteiger partial charge in [-0.3, -0.25) is 4.72 Å². The number of hydrogen-bond donors (Lipinski definition) is 4. The molecule has 0 bridgehead atoms. The smallest absolute Gasteiger partial charge is 0.416 e. The molecule has 0 spiro atoms. The van der Waals surface area contributed by atoms with E-state index in [0.717, 1.165) is 24.3 Å². The van der Waals surface area contributed by atoms with Crippen LogP contribution < -0.4 is 4.72 Å². The lowest BCUT2D eigenvalue weighted by Gasteiger charge is -2.15. The van der Waals surface area contributed by atoms with Crippen molar-refractivity contribution in [2.45, 2.75) is 11.1 Å². The minimum Gasteiger partial charge on any atom is -0.507 e. The Bertz CT molecular complexity index is 1270. The van der Waals surface area contributed by atoms with Gasteiger partial charge in [-0.2, -0.15) is 13.2 Å². The number of phenolic OH excluding ortho intramolecular Hbond substituents is 1. The second-order valence-corrected chi connectivity index (χ2v) is 8.09. The van der Waals surface area contributed by atoms with Crippen molar-refractivity contribution in [3.8, 4) is 22.6 Å². The summed E-state index contributed by atoms with van der Waals surface area (Å²) in [4.78, 5) is 10.2. The van der Waals surface area contributed by atoms with E-state index in [2.05, 4.69) is 0 Å². The van der Waals surface area contributed by atoms with E-state index in [0.29, 0.717) is 12.1 Å². The Morgan fingerprint density at radius 3 is 2.16 bits per heavy atom. The maximum absolute atomic E-state index is 13.4. The first-order valence-electron chi connectivity index (χ1n) is 8.48. The highest BCUT2D eigenvalue weighted by Crippen LogP contribution is 2.37. The lowest BCUT2D eigenvalue weighted by molar-refractivity contribution is -0.137. The molecule has 31 heavy (non-hydrogen) atoms. The average Bonchev–Trinajstić information content (AvgIpc) is 2.66. The van der Waals surface area contributed by atoms with Crippen LogP contribution in [-0.2, 0) is 16.2 Å². The first-order chi connectivity index (χ1) is 14.4. The van der Waals surface area contributed by atoms with Crippen LogP contribution in [-0.4, -0.2) is 29.7 Å². The van der Waals surface area contributed by atoms with Crippen molar-refractivity contribution in [2.75, 3.05) is 4.72 Å². The number of benzene rings is 3. The first-order valence-corrected chi connectivity index (χ1v) is 9.96. The van der Waals surface area contributed by atoms with Crippen molar-refractivity contribution in [3.05, 3.63) is 71.8 Å². The average molecular weight is 453 g/mol. The Kier molecular flexibility index (Phi) is 5.55. The molecule has 11 heteroatoms. The molecule has 0 radical (unpaired) electrons. The van der Waals surface area contributed by atoms with Crippen LogP contribution >= 0.6 is 0 Å². The van der Waals surface area contributed by atoms with Crippen LogP contribution in [0.2, 0.25) is 0 Å². The van der Waals surface area contributed by atoms with E-state index in [1.165, 1.54) is 24.3 Å². The highest BCUT2D eigenvalue weighted by atomic mass is 32.2. The molecule has 0 aromatic heterocycles. The normalized spacial score (nSPS) is 11.8. The third-order valence-corrected chi connectivity index (χ3v) is 5.60. The topological polar surface area (TPSA) is 124 Å². The Balaban J connectivity index is 2.10. The summed E-state index contributed by atoms with van der Waals surface area (Å²) >= 11 is 0. The van der Waals surface area contributed by atoms with Crippen molar-refractivity contribution < 1.29 is 41.7 Å². The van der Waals surface area contributed by atoms with Crippen LogP contribution in [0, 0.1) is 0 Å². The van der Waals surface area contributed by atoms with E-state index in [1.54, 1.807) is 0 Å². The fourth-order valence-corrected chi connectivity index (χ4v) is 3.90. The quantitative estimate of drug-likeness (QED) is 0.457. The summed E-state index contributed by atoms with van der Waals surface area (Å²) in [7, 11) is -4.58. The second kappa shape index (κ2) is 7.84. The predicted octanol–water partition coefficient (Wildman–Crippen LogP) is 4.28. The molecule has 0 amide bonds. The number of aromatic carboxylic acids is 1. The minimum absolute atomic E-state index is 0.00601. The van der Waals surface area contributed by atoms with Gasteiger partial charge in [0.25, 0.3) is 10.0 Å². The maximum atomic E-state index is 13.4. The molecule has 0 unspecified atom stereocenters. The van der Waals surface area contributed by atoms with Gasteiger partial charge in [0.1, 0.15) is 17.1 Å². The van der Waals surface area contributed by atoms with Gasteiger partial charge < -0.3 is 15.3 Å². The fraction of sp³-hybridized carbons (Fsp3) is 0.0500. The monoisotopic (exact) mass is 453 g/mol. The van der Waals surface area contributed by atoms with Crippen molar-refractivity contribution in [1.29, 1.82) is 0 Å². The van der Waals surface area contributed by atoms with Crippen molar-refractivity contribution in [3.63, 3.8) is 0 Å². The second-order valence-electron chi connectivity index (χ2n) is 6.40. The number of sulfonamides is 1. The molecule has 7 nitrogen and oxygen atoms in total. The molecule has 0 saturated carbocycles. The number of carboxylic acids is 1. The van der Waals surface area contributed by atoms with Gasteiger partial charge in [-0.05, 0) is 42.0 Å². The largest absolute Gasteiger partial charge is 0.507 e. The Morgan fingerprint density at radius 2 is 1.58 bits per heavy atom. The zero-order valence-corrected chi connectivity index (χ0v) is 16.2. The number of para-hydroxylation sites is 1.